The predicted octanol–water partition coefficient (Wildman–Crippen LogP) is 2.87. The molecule has 1 amide bonds. The van der Waals surface area contributed by atoms with Gasteiger partial charge in [0.05, 0.1) is 6.21 Å². The van der Waals surface area contributed by atoms with Gasteiger partial charge in [-0.1, -0.05) is 6.07 Å². The van der Waals surface area contributed by atoms with E-state index in [0.29, 0.717) is 4.67 Å². The van der Waals surface area contributed by atoms with Crippen LogP contribution in [0.2, 0.25) is 0 Å². The second-order valence-corrected chi connectivity index (χ2v) is 4.58. The van der Waals surface area contributed by atoms with Gasteiger partial charge in [-0.3, -0.25) is 4.79 Å². The summed E-state index contributed by atoms with van der Waals surface area (Å²) in [6.45, 7) is 0. The van der Waals surface area contributed by atoms with Crippen molar-refractivity contribution in [1.82, 2.24) is 5.43 Å². The highest BCUT2D eigenvalue weighted by atomic mass is 79.9. The Morgan fingerprint density at radius 1 is 1.50 bits per heavy atom. The number of carbonyl (C=O) groups excluding carboxylic acids is 1. The second kappa shape index (κ2) is 5.09. The highest BCUT2D eigenvalue weighted by Crippen LogP contribution is 2.13. The van der Waals surface area contributed by atoms with E-state index in [1.807, 2.05) is 17.5 Å². The topological polar surface area (TPSA) is 54.6 Å². The zero-order valence-corrected chi connectivity index (χ0v) is 10.4. The molecule has 0 radical (unpaired) electrons. The third-order valence-corrected chi connectivity index (χ3v) is 2.93. The minimum atomic E-state index is -0.376. The average molecular weight is 299 g/mol. The Kier molecular flexibility index (Phi) is 3.53. The summed E-state index contributed by atoms with van der Waals surface area (Å²) in [5, 5.41) is 5.75. The first kappa shape index (κ1) is 11.1. The van der Waals surface area contributed by atoms with Crippen LogP contribution in [-0.4, -0.2) is 12.1 Å². The Labute approximate surface area is 104 Å². The summed E-state index contributed by atoms with van der Waals surface area (Å²) in [5.74, 6) is -0.159. The second-order valence-electron chi connectivity index (χ2n) is 2.82. The summed E-state index contributed by atoms with van der Waals surface area (Å²) < 4.78 is 5.58. The van der Waals surface area contributed by atoms with Crippen LogP contribution in [0.5, 0.6) is 0 Å². The summed E-state index contributed by atoms with van der Waals surface area (Å²) >= 11 is 4.66. The number of carbonyl (C=O) groups is 1. The van der Waals surface area contributed by atoms with Crippen molar-refractivity contribution in [3.05, 3.63) is 45.0 Å². The molecule has 0 spiro atoms. The zero-order valence-electron chi connectivity index (χ0n) is 8.01. The summed E-state index contributed by atoms with van der Waals surface area (Å²) in [5.41, 5.74) is 2.37. The van der Waals surface area contributed by atoms with Gasteiger partial charge in [0.15, 0.2) is 10.4 Å². The fraction of sp³-hybridized carbons (Fsp3) is 0. The molecule has 82 valence electrons. The van der Waals surface area contributed by atoms with Gasteiger partial charge in [-0.2, -0.15) is 5.10 Å². The van der Waals surface area contributed by atoms with Crippen LogP contribution in [0.25, 0.3) is 0 Å². The maximum Gasteiger partial charge on any atom is 0.307 e. The number of nitrogens with one attached hydrogen (secondary N) is 1. The fourth-order valence-corrected chi connectivity index (χ4v) is 1.90. The van der Waals surface area contributed by atoms with E-state index in [9.17, 15) is 4.79 Å². The van der Waals surface area contributed by atoms with Crippen molar-refractivity contribution >= 4 is 39.4 Å². The highest BCUT2D eigenvalue weighted by Gasteiger charge is 2.08. The van der Waals surface area contributed by atoms with Gasteiger partial charge < -0.3 is 4.42 Å². The third-order valence-electron chi connectivity index (χ3n) is 1.70. The molecule has 0 aliphatic rings. The molecule has 1 N–H and O–H groups in total. The van der Waals surface area contributed by atoms with E-state index in [0.717, 1.165) is 4.88 Å². The number of hydrogen-bond donors (Lipinski definition) is 1. The Morgan fingerprint density at radius 3 is 3.00 bits per heavy atom. The first-order valence-corrected chi connectivity index (χ1v) is 6.05. The summed E-state index contributed by atoms with van der Waals surface area (Å²) in [4.78, 5) is 12.4. The Balaban J connectivity index is 1.94. The minimum absolute atomic E-state index is 0.218. The van der Waals surface area contributed by atoms with E-state index in [1.165, 1.54) is 0 Å². The van der Waals surface area contributed by atoms with Gasteiger partial charge in [0, 0.05) is 4.88 Å². The van der Waals surface area contributed by atoms with Crippen LogP contribution < -0.4 is 5.43 Å². The summed E-state index contributed by atoms with van der Waals surface area (Å²) in [6, 6.07) is 7.04. The normalized spacial score (nSPS) is 10.8. The van der Waals surface area contributed by atoms with Crippen LogP contribution in [-0.2, 0) is 0 Å². The Morgan fingerprint density at radius 2 is 2.38 bits per heavy atom. The molecule has 0 atom stereocenters. The van der Waals surface area contributed by atoms with Crippen molar-refractivity contribution < 1.29 is 9.21 Å². The van der Waals surface area contributed by atoms with Gasteiger partial charge in [-0.05, 0) is 39.5 Å². The molecule has 0 unspecified atom stereocenters. The lowest BCUT2D eigenvalue weighted by Gasteiger charge is -1.93. The van der Waals surface area contributed by atoms with Crippen molar-refractivity contribution in [3.63, 3.8) is 0 Å². The molecule has 6 heteroatoms. The third kappa shape index (κ3) is 2.80. The average Bonchev–Trinajstić information content (AvgIpc) is 2.89. The molecule has 0 fully saturated rings. The van der Waals surface area contributed by atoms with Crippen molar-refractivity contribution in [3.8, 4) is 0 Å². The molecular weight excluding hydrogens is 292 g/mol. The predicted molar refractivity (Wildman–Crippen MR) is 65.8 cm³/mol. The summed E-state index contributed by atoms with van der Waals surface area (Å²) in [7, 11) is 0. The number of hydrazone groups is 1. The van der Waals surface area contributed by atoms with Crippen molar-refractivity contribution in [2.75, 3.05) is 0 Å². The van der Waals surface area contributed by atoms with Crippen LogP contribution in [0.15, 0.2) is 43.8 Å². The van der Waals surface area contributed by atoms with Crippen molar-refractivity contribution in [1.29, 1.82) is 0 Å². The van der Waals surface area contributed by atoms with Crippen LogP contribution in [0, 0.1) is 0 Å². The molecule has 2 aromatic heterocycles. The van der Waals surface area contributed by atoms with E-state index >= 15 is 0 Å². The summed E-state index contributed by atoms with van der Waals surface area (Å²) in [6.07, 6.45) is 1.58. The van der Waals surface area contributed by atoms with Crippen LogP contribution >= 0.6 is 27.3 Å². The molecule has 0 aromatic carbocycles. The highest BCUT2D eigenvalue weighted by molar-refractivity contribution is 9.10. The van der Waals surface area contributed by atoms with Gasteiger partial charge in [0.25, 0.3) is 0 Å². The van der Waals surface area contributed by atoms with E-state index in [2.05, 4.69) is 26.5 Å². The number of halogens is 1. The standard InChI is InChI=1S/C10H7BrN2O2S/c11-9-4-3-8(15-9)10(14)13-12-6-7-2-1-5-16-7/h1-6H,(H,13,14)/b12-6+. The number of nitrogens with zero attached hydrogens (tertiary/aromatic N) is 1. The molecule has 0 aliphatic carbocycles. The molecule has 2 rings (SSSR count). The maximum atomic E-state index is 11.5. The zero-order chi connectivity index (χ0) is 11.4. The number of amides is 1. The van der Waals surface area contributed by atoms with Gasteiger partial charge in [0.1, 0.15) is 0 Å². The number of hydrogen-bond acceptors (Lipinski definition) is 4. The molecule has 0 saturated heterocycles. The lowest BCUT2D eigenvalue weighted by atomic mass is 10.4. The lowest BCUT2D eigenvalue weighted by Crippen LogP contribution is -2.16. The van der Waals surface area contributed by atoms with Crippen molar-refractivity contribution in [2.24, 2.45) is 5.10 Å². The monoisotopic (exact) mass is 298 g/mol. The number of furan rings is 1. The van der Waals surface area contributed by atoms with Crippen molar-refractivity contribution in [2.45, 2.75) is 0 Å². The van der Waals surface area contributed by atoms with Crippen LogP contribution in [0.4, 0.5) is 0 Å². The van der Waals surface area contributed by atoms with Gasteiger partial charge in [-0.25, -0.2) is 5.43 Å². The quantitative estimate of drug-likeness (QED) is 0.700. The molecule has 4 nitrogen and oxygen atoms in total. The van der Waals surface area contributed by atoms with Crippen LogP contribution in [0.3, 0.4) is 0 Å². The Bertz CT molecular complexity index is 505. The fourth-order valence-electron chi connectivity index (χ4n) is 1.01. The van der Waals surface area contributed by atoms with E-state index in [4.69, 9.17) is 4.42 Å². The van der Waals surface area contributed by atoms with Gasteiger partial charge in [-0.15, -0.1) is 11.3 Å². The van der Waals surface area contributed by atoms with E-state index < -0.39 is 0 Å². The first-order valence-electron chi connectivity index (χ1n) is 4.38. The van der Waals surface area contributed by atoms with Gasteiger partial charge >= 0.3 is 5.91 Å². The molecule has 0 bridgehead atoms. The lowest BCUT2D eigenvalue weighted by molar-refractivity contribution is 0.0926. The molecular formula is C10H7BrN2O2S. The van der Waals surface area contributed by atoms with Gasteiger partial charge in [0.2, 0.25) is 0 Å². The number of thiophene rings is 1. The molecule has 2 aromatic rings. The van der Waals surface area contributed by atoms with E-state index in [-0.39, 0.29) is 11.7 Å². The smallest absolute Gasteiger partial charge is 0.307 e. The molecule has 0 saturated carbocycles. The number of rotatable bonds is 3. The minimum Gasteiger partial charge on any atom is -0.444 e. The molecule has 2 heterocycles. The SMILES string of the molecule is O=C(N/N=C/c1cccs1)c1ccc(Br)o1. The molecule has 16 heavy (non-hydrogen) atoms. The van der Waals surface area contributed by atoms with E-state index in [1.54, 1.807) is 29.7 Å². The Hall–Kier alpha value is -1.40. The largest absolute Gasteiger partial charge is 0.444 e. The van der Waals surface area contributed by atoms with Crippen LogP contribution in [0.1, 0.15) is 15.4 Å². The maximum absolute atomic E-state index is 11.5. The first-order chi connectivity index (χ1) is 7.75. The molecule has 0 aliphatic heterocycles.